The summed E-state index contributed by atoms with van der Waals surface area (Å²) in [5, 5.41) is 0. The third kappa shape index (κ3) is 9.88. The number of ether oxygens (including phenoxy) is 3. The zero-order chi connectivity index (χ0) is 36.5. The molecule has 0 bridgehead atoms. The van der Waals surface area contributed by atoms with Gasteiger partial charge in [0.1, 0.15) is 29.5 Å². The monoisotopic (exact) mass is 688 g/mol. The summed E-state index contributed by atoms with van der Waals surface area (Å²) in [6.07, 6.45) is 19.6. The molecule has 2 aliphatic rings. The van der Waals surface area contributed by atoms with E-state index in [1.807, 2.05) is 29.2 Å². The molecule has 1 amide bonds. The first kappa shape index (κ1) is 39.8. The molecule has 1 saturated heterocycles. The van der Waals surface area contributed by atoms with Gasteiger partial charge in [-0.1, -0.05) is 91.7 Å². The lowest BCUT2D eigenvalue weighted by molar-refractivity contribution is -0.123. The number of nitrogens with zero attached hydrogens (tertiary/aromatic N) is 1. The maximum absolute atomic E-state index is 13.6. The van der Waals surface area contributed by atoms with Crippen LogP contribution in [0.4, 0.5) is 5.69 Å². The van der Waals surface area contributed by atoms with Gasteiger partial charge in [-0.25, -0.2) is 0 Å². The number of carbonyl (C=O) groups excluding carboxylic acids is 1. The molecule has 2 heterocycles. The molecule has 5 heteroatoms. The third-order valence-electron chi connectivity index (χ3n) is 12.1. The van der Waals surface area contributed by atoms with E-state index in [4.69, 9.17) is 14.2 Å². The van der Waals surface area contributed by atoms with Crippen molar-refractivity contribution in [3.63, 3.8) is 0 Å². The van der Waals surface area contributed by atoms with Gasteiger partial charge in [0.2, 0.25) is 5.91 Å². The van der Waals surface area contributed by atoms with Crippen LogP contribution in [0.3, 0.4) is 0 Å². The van der Waals surface area contributed by atoms with E-state index in [0.29, 0.717) is 13.2 Å². The smallest absolute Gasteiger partial charge is 0.237 e. The molecule has 2 aromatic rings. The van der Waals surface area contributed by atoms with E-state index in [1.54, 1.807) is 7.11 Å². The van der Waals surface area contributed by atoms with Gasteiger partial charge >= 0.3 is 0 Å². The fourth-order valence-corrected chi connectivity index (χ4v) is 8.28. The van der Waals surface area contributed by atoms with Crippen LogP contribution in [0.5, 0.6) is 17.2 Å². The highest BCUT2D eigenvalue weighted by Gasteiger charge is 2.43. The molecule has 2 aliphatic heterocycles. The van der Waals surface area contributed by atoms with Crippen molar-refractivity contribution in [2.75, 3.05) is 25.2 Å². The molecule has 0 unspecified atom stereocenters. The minimum Gasteiger partial charge on any atom is -0.497 e. The number of amides is 1. The van der Waals surface area contributed by atoms with Gasteiger partial charge in [-0.05, 0) is 125 Å². The largest absolute Gasteiger partial charge is 0.497 e. The summed E-state index contributed by atoms with van der Waals surface area (Å²) < 4.78 is 18.7. The molecule has 278 valence electrons. The van der Waals surface area contributed by atoms with Gasteiger partial charge in [-0.15, -0.1) is 0 Å². The highest BCUT2D eigenvalue weighted by Crippen LogP contribution is 2.45. The Bertz CT molecular complexity index is 1430. The lowest BCUT2D eigenvalue weighted by atomic mass is 9.83. The van der Waals surface area contributed by atoms with Gasteiger partial charge in [-0.3, -0.25) is 4.79 Å². The number of hydrogen-bond acceptors (Lipinski definition) is 4. The van der Waals surface area contributed by atoms with Crippen LogP contribution in [0, 0.1) is 43.9 Å². The maximum Gasteiger partial charge on any atom is 0.237 e. The lowest BCUT2D eigenvalue weighted by Crippen LogP contribution is -2.37. The molecule has 0 saturated carbocycles. The predicted molar refractivity (Wildman–Crippen MR) is 210 cm³/mol. The zero-order valence-electron chi connectivity index (χ0n) is 33.4. The summed E-state index contributed by atoms with van der Waals surface area (Å²) in [6, 6.07) is 7.75. The first-order valence-corrected chi connectivity index (χ1v) is 19.9. The van der Waals surface area contributed by atoms with E-state index < -0.39 is 5.41 Å². The number of fused-ring (bicyclic) bond motifs is 1. The van der Waals surface area contributed by atoms with Crippen LogP contribution >= 0.6 is 0 Å². The Kier molecular flexibility index (Phi) is 14.3. The number of methoxy groups -OCH3 is 1. The molecule has 5 nitrogen and oxygen atoms in total. The van der Waals surface area contributed by atoms with E-state index in [2.05, 4.69) is 74.5 Å². The molecular weight excluding hydrogens is 618 g/mol. The van der Waals surface area contributed by atoms with Crippen molar-refractivity contribution in [2.45, 2.75) is 151 Å². The van der Waals surface area contributed by atoms with Crippen molar-refractivity contribution in [2.24, 2.45) is 23.2 Å². The Morgan fingerprint density at radius 3 is 2.14 bits per heavy atom. The fourth-order valence-electron chi connectivity index (χ4n) is 8.28. The second-order valence-electron chi connectivity index (χ2n) is 16.5. The van der Waals surface area contributed by atoms with Crippen molar-refractivity contribution in [1.82, 2.24) is 0 Å². The predicted octanol–water partition coefficient (Wildman–Crippen LogP) is 11.9. The maximum atomic E-state index is 13.6. The van der Waals surface area contributed by atoms with Crippen molar-refractivity contribution in [3.8, 4) is 17.2 Å². The first-order chi connectivity index (χ1) is 23.8. The second-order valence-corrected chi connectivity index (χ2v) is 16.5. The summed E-state index contributed by atoms with van der Waals surface area (Å²) in [5.74, 6) is 5.47. The SMILES string of the molecule is CC[C@]1(/C=C/COc2c(C)c(C)c3c(c2C)CC[C@@](C)(CCC[C@H](C)CCC[C@H](C)CCCC(C)C)O3)CCN(c2ccc(OC)cc2)C1=O. The number of hydrogen-bond donors (Lipinski definition) is 0. The molecule has 4 atom stereocenters. The second kappa shape index (κ2) is 18.0. The third-order valence-corrected chi connectivity index (χ3v) is 12.1. The molecule has 0 spiro atoms. The molecule has 0 aromatic heterocycles. The average Bonchev–Trinajstić information content (AvgIpc) is 3.42. The molecule has 0 N–H and O–H groups in total. The van der Waals surface area contributed by atoms with E-state index in [1.165, 1.54) is 68.1 Å². The van der Waals surface area contributed by atoms with Gasteiger partial charge in [0.05, 0.1) is 12.5 Å². The Morgan fingerprint density at radius 2 is 1.52 bits per heavy atom. The summed E-state index contributed by atoms with van der Waals surface area (Å²) in [6.45, 7) is 21.7. The number of benzene rings is 2. The van der Waals surface area contributed by atoms with E-state index >= 15 is 0 Å². The van der Waals surface area contributed by atoms with Gasteiger partial charge in [0.15, 0.2) is 0 Å². The van der Waals surface area contributed by atoms with Crippen LogP contribution in [0.1, 0.15) is 141 Å². The van der Waals surface area contributed by atoms with E-state index in [9.17, 15) is 4.79 Å². The lowest BCUT2D eigenvalue weighted by Gasteiger charge is -2.38. The zero-order valence-corrected chi connectivity index (χ0v) is 33.4. The van der Waals surface area contributed by atoms with Crippen molar-refractivity contribution in [3.05, 3.63) is 58.7 Å². The van der Waals surface area contributed by atoms with Crippen LogP contribution in [-0.4, -0.2) is 31.8 Å². The van der Waals surface area contributed by atoms with E-state index in [0.717, 1.165) is 78.4 Å². The molecule has 0 aliphatic carbocycles. The minimum atomic E-state index is -0.499. The molecule has 50 heavy (non-hydrogen) atoms. The Balaban J connectivity index is 1.29. The van der Waals surface area contributed by atoms with Crippen LogP contribution in [-0.2, 0) is 11.2 Å². The fraction of sp³-hybridized carbons (Fsp3) is 0.667. The van der Waals surface area contributed by atoms with Crippen LogP contribution < -0.4 is 19.1 Å². The quantitative estimate of drug-likeness (QED) is 0.138. The van der Waals surface area contributed by atoms with Crippen LogP contribution in [0.25, 0.3) is 0 Å². The highest BCUT2D eigenvalue weighted by atomic mass is 16.5. The number of carbonyl (C=O) groups is 1. The Labute approximate surface area is 305 Å². The highest BCUT2D eigenvalue weighted by molar-refractivity contribution is 6.01. The topological polar surface area (TPSA) is 48.0 Å². The van der Waals surface area contributed by atoms with Crippen molar-refractivity contribution < 1.29 is 19.0 Å². The minimum absolute atomic E-state index is 0.117. The van der Waals surface area contributed by atoms with Crippen molar-refractivity contribution in [1.29, 1.82) is 0 Å². The van der Waals surface area contributed by atoms with Crippen molar-refractivity contribution >= 4 is 11.6 Å². The van der Waals surface area contributed by atoms with E-state index in [-0.39, 0.29) is 11.5 Å². The summed E-state index contributed by atoms with van der Waals surface area (Å²) in [4.78, 5) is 15.5. The van der Waals surface area contributed by atoms with Gasteiger partial charge in [-0.2, -0.15) is 0 Å². The van der Waals surface area contributed by atoms with Gasteiger partial charge in [0.25, 0.3) is 0 Å². The molecular formula is C45H69NO4. The Hall–Kier alpha value is -2.95. The van der Waals surface area contributed by atoms with Gasteiger partial charge in [0, 0.05) is 17.8 Å². The normalized spacial score (nSPS) is 21.8. The number of anilines is 1. The molecule has 2 aromatic carbocycles. The standard InChI is InChI=1S/C45H69NO4/c1-11-45(29-30-46(43(45)47)38-21-23-39(48-10)24-22-38)27-15-31-49-41-35(6)36(7)42-40(37(41)8)25-28-44(9,50-42)26-14-20-34(5)19-13-18-33(4)17-12-16-32(2)3/h15,21-24,27,32-34H,11-14,16-20,25-26,28-31H2,1-10H3/b27-15+/t33-,34-,44-,45+/m1/s1. The molecule has 4 rings (SSSR count). The molecule has 0 radical (unpaired) electrons. The molecule has 1 fully saturated rings. The Morgan fingerprint density at radius 1 is 0.880 bits per heavy atom. The van der Waals surface area contributed by atoms with Crippen LogP contribution in [0.15, 0.2) is 36.4 Å². The first-order valence-electron chi connectivity index (χ1n) is 19.9. The van der Waals surface area contributed by atoms with Crippen LogP contribution in [0.2, 0.25) is 0 Å². The van der Waals surface area contributed by atoms with Gasteiger partial charge < -0.3 is 19.1 Å². The summed E-state index contributed by atoms with van der Waals surface area (Å²) >= 11 is 0. The average molecular weight is 688 g/mol. The summed E-state index contributed by atoms with van der Waals surface area (Å²) in [7, 11) is 1.66. The number of rotatable bonds is 19. The summed E-state index contributed by atoms with van der Waals surface area (Å²) in [5.41, 5.74) is 5.14.